The van der Waals surface area contributed by atoms with Crippen molar-refractivity contribution >= 4 is 31.5 Å². The van der Waals surface area contributed by atoms with Crippen LogP contribution >= 0.6 is 0 Å². The van der Waals surface area contributed by atoms with Gasteiger partial charge in [-0.2, -0.15) is 4.72 Å². The third-order valence-electron chi connectivity index (χ3n) is 3.85. The van der Waals surface area contributed by atoms with E-state index in [2.05, 4.69) is 10.0 Å². The lowest BCUT2D eigenvalue weighted by molar-refractivity contribution is -0.117. The van der Waals surface area contributed by atoms with E-state index in [0.29, 0.717) is 5.69 Å². The van der Waals surface area contributed by atoms with Gasteiger partial charge in [-0.1, -0.05) is 36.4 Å². The van der Waals surface area contributed by atoms with Gasteiger partial charge in [0.05, 0.1) is 10.6 Å². The van der Waals surface area contributed by atoms with Crippen LogP contribution < -0.4 is 10.0 Å². The minimum atomic E-state index is -3.98. The Bertz CT molecular complexity index is 1000. The second-order valence-corrected chi connectivity index (χ2v) is 10.2. The summed E-state index contributed by atoms with van der Waals surface area (Å²) in [4.78, 5) is 12.7. The van der Waals surface area contributed by atoms with Crippen LogP contribution in [0.5, 0.6) is 0 Å². The molecule has 0 heterocycles. The van der Waals surface area contributed by atoms with Gasteiger partial charge in [-0.3, -0.25) is 4.79 Å². The number of aryl methyl sites for hydroxylation is 1. The Hall–Kier alpha value is -2.23. The summed E-state index contributed by atoms with van der Waals surface area (Å²) in [5.41, 5.74) is 1.34. The Morgan fingerprint density at radius 2 is 1.56 bits per heavy atom. The highest BCUT2D eigenvalue weighted by Gasteiger charge is 2.27. The quantitative estimate of drug-likeness (QED) is 0.689. The molecule has 0 fully saturated rings. The first-order valence-corrected chi connectivity index (χ1v) is 11.7. The van der Waals surface area contributed by atoms with E-state index in [1.54, 1.807) is 43.3 Å². The van der Waals surface area contributed by atoms with Crippen molar-refractivity contribution in [3.63, 3.8) is 0 Å². The SMILES string of the molecule is Cc1ccccc1NC(=O)[C@H](CCS(C)(=O)=O)NS(=O)(=O)c1ccccc1. The van der Waals surface area contributed by atoms with Gasteiger partial charge in [0.15, 0.2) is 0 Å². The maximum atomic E-state index is 12.7. The number of carbonyl (C=O) groups excluding carboxylic acids is 1. The van der Waals surface area contributed by atoms with Crippen molar-refractivity contribution in [2.24, 2.45) is 0 Å². The first-order chi connectivity index (χ1) is 12.6. The number of sulfonamides is 1. The molecule has 7 nitrogen and oxygen atoms in total. The average molecular weight is 411 g/mol. The van der Waals surface area contributed by atoms with Gasteiger partial charge in [-0.05, 0) is 37.1 Å². The second-order valence-electron chi connectivity index (χ2n) is 6.21. The fourth-order valence-electron chi connectivity index (χ4n) is 2.36. The highest BCUT2D eigenvalue weighted by Crippen LogP contribution is 2.15. The number of hydrogen-bond donors (Lipinski definition) is 2. The first kappa shape index (κ1) is 21.1. The lowest BCUT2D eigenvalue weighted by Gasteiger charge is -2.19. The number of benzene rings is 2. The fraction of sp³-hybridized carbons (Fsp3) is 0.278. The molecule has 146 valence electrons. The summed E-state index contributed by atoms with van der Waals surface area (Å²) >= 11 is 0. The average Bonchev–Trinajstić information content (AvgIpc) is 2.60. The van der Waals surface area contributed by atoms with Gasteiger partial charge in [-0.15, -0.1) is 0 Å². The molecule has 1 atom stereocenters. The summed E-state index contributed by atoms with van der Waals surface area (Å²) in [6.45, 7) is 1.80. The number of carbonyl (C=O) groups is 1. The van der Waals surface area contributed by atoms with E-state index in [1.807, 2.05) is 6.07 Å². The van der Waals surface area contributed by atoms with Crippen molar-refractivity contribution in [3.8, 4) is 0 Å². The molecule has 1 amide bonds. The zero-order chi connectivity index (χ0) is 20.1. The van der Waals surface area contributed by atoms with Gasteiger partial charge in [0.1, 0.15) is 15.9 Å². The van der Waals surface area contributed by atoms with E-state index < -0.39 is 31.8 Å². The first-order valence-electron chi connectivity index (χ1n) is 8.20. The Labute approximate surface area is 159 Å². The predicted molar refractivity (Wildman–Crippen MR) is 105 cm³/mol. The van der Waals surface area contributed by atoms with Crippen LogP contribution in [0, 0.1) is 6.92 Å². The summed E-state index contributed by atoms with van der Waals surface area (Å²) < 4.78 is 50.4. The van der Waals surface area contributed by atoms with Crippen LogP contribution in [0.15, 0.2) is 59.5 Å². The van der Waals surface area contributed by atoms with Crippen LogP contribution in [0.1, 0.15) is 12.0 Å². The van der Waals surface area contributed by atoms with Crippen molar-refractivity contribution in [2.75, 3.05) is 17.3 Å². The summed E-state index contributed by atoms with van der Waals surface area (Å²) in [5.74, 6) is -0.941. The lowest BCUT2D eigenvalue weighted by atomic mass is 10.1. The van der Waals surface area contributed by atoms with Gasteiger partial charge in [0, 0.05) is 11.9 Å². The number of hydrogen-bond acceptors (Lipinski definition) is 5. The van der Waals surface area contributed by atoms with Crippen LogP contribution in [0.25, 0.3) is 0 Å². The van der Waals surface area contributed by atoms with Gasteiger partial charge in [0.2, 0.25) is 15.9 Å². The topological polar surface area (TPSA) is 109 Å². The molecule has 0 aliphatic heterocycles. The van der Waals surface area contributed by atoms with Crippen LogP contribution in [0.3, 0.4) is 0 Å². The summed E-state index contributed by atoms with van der Waals surface area (Å²) in [5, 5.41) is 2.66. The number of sulfone groups is 1. The second kappa shape index (κ2) is 8.64. The molecule has 2 aromatic rings. The molecule has 0 bridgehead atoms. The van der Waals surface area contributed by atoms with E-state index in [9.17, 15) is 21.6 Å². The van der Waals surface area contributed by atoms with E-state index >= 15 is 0 Å². The van der Waals surface area contributed by atoms with Crippen LogP contribution in [-0.2, 0) is 24.7 Å². The molecular weight excluding hydrogens is 388 g/mol. The molecule has 2 aromatic carbocycles. The lowest BCUT2D eigenvalue weighted by Crippen LogP contribution is -2.44. The predicted octanol–water partition coefficient (Wildman–Crippen LogP) is 1.72. The minimum absolute atomic E-state index is 0.00181. The van der Waals surface area contributed by atoms with Crippen LogP contribution in [-0.4, -0.2) is 40.8 Å². The Balaban J connectivity index is 2.25. The number of rotatable bonds is 8. The molecule has 0 unspecified atom stereocenters. The zero-order valence-electron chi connectivity index (χ0n) is 15.0. The molecule has 0 spiro atoms. The molecule has 0 saturated carbocycles. The Kier molecular flexibility index (Phi) is 6.74. The standard InChI is InChI=1S/C18H22N2O5S2/c1-14-8-6-7-11-16(14)19-18(21)17(12-13-26(2,22)23)20-27(24,25)15-9-4-3-5-10-15/h3-11,17,20H,12-13H2,1-2H3,(H,19,21)/t17-/m0/s1. The highest BCUT2D eigenvalue weighted by molar-refractivity contribution is 7.90. The van der Waals surface area contributed by atoms with Crippen molar-refractivity contribution in [3.05, 3.63) is 60.2 Å². The summed E-state index contributed by atoms with van der Waals surface area (Å²) in [6.07, 6.45) is 0.859. The highest BCUT2D eigenvalue weighted by atomic mass is 32.2. The maximum absolute atomic E-state index is 12.7. The molecular formula is C18H22N2O5S2. The number of amides is 1. The van der Waals surface area contributed by atoms with Gasteiger partial charge in [0.25, 0.3) is 0 Å². The fourth-order valence-corrected chi connectivity index (χ4v) is 4.28. The van der Waals surface area contributed by atoms with Gasteiger partial charge < -0.3 is 5.32 Å². The van der Waals surface area contributed by atoms with Gasteiger partial charge in [-0.25, -0.2) is 16.8 Å². The minimum Gasteiger partial charge on any atom is -0.324 e. The van der Waals surface area contributed by atoms with E-state index in [0.717, 1.165) is 11.8 Å². The normalized spacial score (nSPS) is 13.1. The van der Waals surface area contributed by atoms with Gasteiger partial charge >= 0.3 is 0 Å². The molecule has 0 aliphatic carbocycles. The number of nitrogens with one attached hydrogen (secondary N) is 2. The molecule has 0 saturated heterocycles. The molecule has 2 rings (SSSR count). The molecule has 0 aromatic heterocycles. The van der Waals surface area contributed by atoms with Crippen molar-refractivity contribution in [2.45, 2.75) is 24.3 Å². The van der Waals surface area contributed by atoms with Crippen LogP contribution in [0.2, 0.25) is 0 Å². The Morgan fingerprint density at radius 1 is 0.963 bits per heavy atom. The maximum Gasteiger partial charge on any atom is 0.242 e. The van der Waals surface area contributed by atoms with E-state index in [4.69, 9.17) is 0 Å². The molecule has 2 N–H and O–H groups in total. The number of para-hydroxylation sites is 1. The van der Waals surface area contributed by atoms with Crippen molar-refractivity contribution < 1.29 is 21.6 Å². The smallest absolute Gasteiger partial charge is 0.242 e. The largest absolute Gasteiger partial charge is 0.324 e. The van der Waals surface area contributed by atoms with E-state index in [-0.39, 0.29) is 17.1 Å². The van der Waals surface area contributed by atoms with E-state index in [1.165, 1.54) is 12.1 Å². The molecule has 9 heteroatoms. The Morgan fingerprint density at radius 3 is 2.15 bits per heavy atom. The summed E-state index contributed by atoms with van der Waals surface area (Å²) in [6, 6.07) is 13.4. The zero-order valence-corrected chi connectivity index (χ0v) is 16.7. The van der Waals surface area contributed by atoms with Crippen LogP contribution in [0.4, 0.5) is 5.69 Å². The monoisotopic (exact) mass is 410 g/mol. The third kappa shape index (κ3) is 6.46. The van der Waals surface area contributed by atoms with Crippen molar-refractivity contribution in [1.29, 1.82) is 0 Å². The summed E-state index contributed by atoms with van der Waals surface area (Å²) in [7, 11) is -7.35. The molecule has 0 radical (unpaired) electrons. The number of anilines is 1. The van der Waals surface area contributed by atoms with Crippen molar-refractivity contribution in [1.82, 2.24) is 4.72 Å². The third-order valence-corrected chi connectivity index (χ3v) is 6.31. The molecule has 0 aliphatic rings. The molecule has 27 heavy (non-hydrogen) atoms.